The quantitative estimate of drug-likeness (QED) is 0.206. The van der Waals surface area contributed by atoms with Crippen LogP contribution in [-0.2, 0) is 21.2 Å². The second-order valence-corrected chi connectivity index (χ2v) is 11.6. The number of aryl methyl sites for hydroxylation is 3. The first kappa shape index (κ1) is 29.4. The first-order valence-corrected chi connectivity index (χ1v) is 14.4. The Morgan fingerprint density at radius 2 is 1.59 bits per heavy atom. The van der Waals surface area contributed by atoms with Crippen LogP contribution in [0, 0.1) is 27.7 Å². The third kappa shape index (κ3) is 6.97. The van der Waals surface area contributed by atoms with Crippen molar-refractivity contribution >= 4 is 33.4 Å². The average molecular weight is 573 g/mol. The molecule has 4 aromatic rings. The van der Waals surface area contributed by atoms with Gasteiger partial charge in [-0.05, 0) is 73.2 Å². The molecule has 0 fully saturated rings. The molecule has 4 N–H and O–H groups in total. The minimum absolute atomic E-state index is 0.0548. The van der Waals surface area contributed by atoms with Crippen LogP contribution in [0.1, 0.15) is 27.8 Å². The van der Waals surface area contributed by atoms with Gasteiger partial charge in [-0.1, -0.05) is 60.2 Å². The fourth-order valence-corrected chi connectivity index (χ4v) is 6.63. The van der Waals surface area contributed by atoms with Gasteiger partial charge in [-0.2, -0.15) is 4.72 Å². The van der Waals surface area contributed by atoms with Crippen molar-refractivity contribution in [3.63, 3.8) is 0 Å². The second kappa shape index (κ2) is 12.3. The van der Waals surface area contributed by atoms with Gasteiger partial charge in [0.05, 0.1) is 16.8 Å². The van der Waals surface area contributed by atoms with Crippen molar-refractivity contribution in [2.75, 3.05) is 10.6 Å². The Kier molecular flexibility index (Phi) is 8.85. The Balaban J connectivity index is 1.71. The highest BCUT2D eigenvalue weighted by Gasteiger charge is 2.29. The van der Waals surface area contributed by atoms with E-state index >= 15 is 0 Å². The minimum atomic E-state index is -4.18. The number of nitrogens with zero attached hydrogens (tertiary/aromatic N) is 1. The maximum atomic E-state index is 13.4. The Morgan fingerprint density at radius 3 is 2.20 bits per heavy atom. The number of hydrogen-bond acceptors (Lipinski definition) is 5. The van der Waals surface area contributed by atoms with Crippen LogP contribution < -0.4 is 15.4 Å². The minimum Gasteiger partial charge on any atom is -0.480 e. The van der Waals surface area contributed by atoms with E-state index in [9.17, 15) is 23.1 Å². The largest absolute Gasteiger partial charge is 0.480 e. The lowest BCUT2D eigenvalue weighted by molar-refractivity contribution is -0.138. The molecular formula is C31H32N4O5S. The molecule has 0 aliphatic carbocycles. The molecule has 0 aliphatic heterocycles. The van der Waals surface area contributed by atoms with E-state index < -0.39 is 28.1 Å². The number of carboxylic acid groups (broad SMARTS) is 1. The van der Waals surface area contributed by atoms with Gasteiger partial charge in [-0.3, -0.25) is 9.78 Å². The van der Waals surface area contributed by atoms with Gasteiger partial charge in [-0.15, -0.1) is 0 Å². The van der Waals surface area contributed by atoms with Crippen molar-refractivity contribution in [2.45, 2.75) is 45.1 Å². The monoisotopic (exact) mass is 572 g/mol. The van der Waals surface area contributed by atoms with Crippen LogP contribution in [0.25, 0.3) is 11.1 Å². The molecule has 0 radical (unpaired) electrons. The summed E-state index contributed by atoms with van der Waals surface area (Å²) >= 11 is 0. The number of carbonyl (C=O) groups is 2. The third-order valence-corrected chi connectivity index (χ3v) is 8.46. The van der Waals surface area contributed by atoms with Crippen LogP contribution in [0.2, 0.25) is 0 Å². The summed E-state index contributed by atoms with van der Waals surface area (Å²) in [6.45, 7) is 7.05. The van der Waals surface area contributed by atoms with Gasteiger partial charge < -0.3 is 15.7 Å². The molecule has 0 bridgehead atoms. The number of amides is 2. The fourth-order valence-electron chi connectivity index (χ4n) is 4.99. The van der Waals surface area contributed by atoms with E-state index in [2.05, 4.69) is 20.3 Å². The van der Waals surface area contributed by atoms with E-state index in [0.717, 1.165) is 16.7 Å². The number of hydrogen-bond donors (Lipinski definition) is 4. The van der Waals surface area contributed by atoms with Crippen LogP contribution in [0.5, 0.6) is 0 Å². The molecule has 4 rings (SSSR count). The number of anilines is 2. The molecule has 41 heavy (non-hydrogen) atoms. The van der Waals surface area contributed by atoms with Crippen molar-refractivity contribution in [1.29, 1.82) is 0 Å². The van der Waals surface area contributed by atoms with Gasteiger partial charge >= 0.3 is 12.0 Å². The lowest BCUT2D eigenvalue weighted by atomic mass is 9.93. The Bertz CT molecular complexity index is 1670. The van der Waals surface area contributed by atoms with E-state index in [0.29, 0.717) is 33.6 Å². The van der Waals surface area contributed by atoms with E-state index in [1.807, 2.05) is 50.2 Å². The van der Waals surface area contributed by atoms with Crippen LogP contribution >= 0.6 is 0 Å². The lowest BCUT2D eigenvalue weighted by Crippen LogP contribution is -2.42. The number of carboxylic acids is 1. The molecule has 0 saturated heterocycles. The molecule has 0 aliphatic rings. The molecule has 1 unspecified atom stereocenters. The molecule has 212 valence electrons. The van der Waals surface area contributed by atoms with Crippen molar-refractivity contribution in [2.24, 2.45) is 0 Å². The fraction of sp³-hybridized carbons (Fsp3) is 0.194. The van der Waals surface area contributed by atoms with Gasteiger partial charge in [-0.25, -0.2) is 13.2 Å². The summed E-state index contributed by atoms with van der Waals surface area (Å²) in [5, 5.41) is 15.6. The summed E-state index contributed by atoms with van der Waals surface area (Å²) in [5.41, 5.74) is 5.72. The van der Waals surface area contributed by atoms with Crippen LogP contribution in [0.4, 0.5) is 16.2 Å². The summed E-state index contributed by atoms with van der Waals surface area (Å²) in [4.78, 5) is 29.4. The lowest BCUT2D eigenvalue weighted by Gasteiger charge is -2.21. The average Bonchev–Trinajstić information content (AvgIpc) is 2.90. The number of aromatic nitrogens is 1. The Morgan fingerprint density at radius 1 is 0.902 bits per heavy atom. The molecule has 0 saturated carbocycles. The number of rotatable bonds is 9. The van der Waals surface area contributed by atoms with Gasteiger partial charge in [0.15, 0.2) is 0 Å². The Labute approximate surface area is 239 Å². The summed E-state index contributed by atoms with van der Waals surface area (Å²) in [7, 11) is -4.18. The number of carbonyl (C=O) groups excluding carboxylic acids is 1. The van der Waals surface area contributed by atoms with Crippen molar-refractivity contribution in [3.05, 3.63) is 107 Å². The van der Waals surface area contributed by atoms with E-state index in [-0.39, 0.29) is 11.3 Å². The summed E-state index contributed by atoms with van der Waals surface area (Å²) in [5.74, 6) is -1.34. The third-order valence-electron chi connectivity index (χ3n) is 6.69. The van der Waals surface area contributed by atoms with Crippen LogP contribution in [0.3, 0.4) is 0 Å². The SMILES string of the molecule is Cc1cc(C)c(S(=O)(=O)NC(Cc2ccc(-c3ccccc3)c(C)c2NC(=O)Nc2cccnc2)C(=O)O)c(C)c1. The number of nitrogens with one attached hydrogen (secondary N) is 3. The van der Waals surface area contributed by atoms with Gasteiger partial charge in [0.1, 0.15) is 6.04 Å². The van der Waals surface area contributed by atoms with Crippen molar-refractivity contribution in [3.8, 4) is 11.1 Å². The standard InChI is InChI=1S/C31H32N4O5S/c1-19-15-20(2)29(21(3)16-19)41(39,40)35-27(30(36)37)17-24-12-13-26(23-9-6-5-7-10-23)22(4)28(24)34-31(38)33-25-11-8-14-32-18-25/h5-16,18,27,35H,17H2,1-4H3,(H,36,37)(H2,33,34,38). The van der Waals surface area contributed by atoms with Gasteiger partial charge in [0.2, 0.25) is 10.0 Å². The number of benzene rings is 3. The molecule has 1 atom stereocenters. The molecule has 10 heteroatoms. The summed E-state index contributed by atoms with van der Waals surface area (Å²) < 4.78 is 29.2. The normalized spacial score (nSPS) is 12.0. The zero-order chi connectivity index (χ0) is 29.7. The molecule has 1 heterocycles. The highest BCUT2D eigenvalue weighted by molar-refractivity contribution is 7.89. The van der Waals surface area contributed by atoms with Crippen molar-refractivity contribution < 1.29 is 23.1 Å². The zero-order valence-electron chi connectivity index (χ0n) is 23.2. The molecular weight excluding hydrogens is 540 g/mol. The smallest absolute Gasteiger partial charge is 0.323 e. The van der Waals surface area contributed by atoms with E-state index in [4.69, 9.17) is 0 Å². The topological polar surface area (TPSA) is 137 Å². The first-order valence-electron chi connectivity index (χ1n) is 12.9. The van der Waals surface area contributed by atoms with Gasteiger partial charge in [0.25, 0.3) is 0 Å². The zero-order valence-corrected chi connectivity index (χ0v) is 24.0. The maximum Gasteiger partial charge on any atom is 0.323 e. The van der Waals surface area contributed by atoms with Crippen LogP contribution in [-0.4, -0.2) is 36.6 Å². The summed E-state index contributed by atoms with van der Waals surface area (Å²) in [6, 6.07) is 17.9. The highest BCUT2D eigenvalue weighted by atomic mass is 32.2. The molecule has 9 nitrogen and oxygen atoms in total. The van der Waals surface area contributed by atoms with E-state index in [1.165, 1.54) is 6.20 Å². The molecule has 0 spiro atoms. The first-order chi connectivity index (χ1) is 19.5. The predicted molar refractivity (Wildman–Crippen MR) is 160 cm³/mol. The number of pyridine rings is 1. The summed E-state index contributed by atoms with van der Waals surface area (Å²) in [6.07, 6.45) is 2.87. The van der Waals surface area contributed by atoms with Crippen LogP contribution in [0.15, 0.2) is 84.0 Å². The molecule has 1 aromatic heterocycles. The van der Waals surface area contributed by atoms with Gasteiger partial charge in [0, 0.05) is 18.3 Å². The second-order valence-electron chi connectivity index (χ2n) is 9.90. The maximum absolute atomic E-state index is 13.4. The highest BCUT2D eigenvalue weighted by Crippen LogP contribution is 2.33. The van der Waals surface area contributed by atoms with E-state index in [1.54, 1.807) is 50.4 Å². The predicted octanol–water partition coefficient (Wildman–Crippen LogP) is 5.60. The molecule has 3 aromatic carbocycles. The number of urea groups is 1. The Hall–Kier alpha value is -4.54. The number of aliphatic carboxylic acids is 1. The molecule has 2 amide bonds. The van der Waals surface area contributed by atoms with Crippen molar-refractivity contribution in [1.82, 2.24) is 9.71 Å². The number of sulfonamides is 1.